The van der Waals surface area contributed by atoms with Crippen LogP contribution < -0.4 is 15.4 Å². The van der Waals surface area contributed by atoms with E-state index >= 15 is 0 Å². The molecular formula is C21H20N4O3. The highest BCUT2D eigenvalue weighted by Gasteiger charge is 2.35. The molecule has 2 amide bonds. The lowest BCUT2D eigenvalue weighted by molar-refractivity contribution is -0.126. The second-order valence-corrected chi connectivity index (χ2v) is 6.55. The quantitative estimate of drug-likeness (QED) is 0.693. The van der Waals surface area contributed by atoms with Gasteiger partial charge in [0.2, 0.25) is 5.91 Å². The monoisotopic (exact) mass is 376 g/mol. The van der Waals surface area contributed by atoms with Gasteiger partial charge in [0.25, 0.3) is 5.91 Å². The largest absolute Gasteiger partial charge is 0.497 e. The number of amides is 2. The maximum Gasteiger partial charge on any atom is 0.251 e. The number of nitrogens with one attached hydrogen (secondary N) is 2. The Bertz CT molecular complexity index is 996. The van der Waals surface area contributed by atoms with Crippen LogP contribution in [0.3, 0.4) is 0 Å². The first-order valence-corrected chi connectivity index (χ1v) is 8.99. The minimum atomic E-state index is -0.655. The van der Waals surface area contributed by atoms with Crippen molar-refractivity contribution in [2.45, 2.75) is 19.0 Å². The fourth-order valence-electron chi connectivity index (χ4n) is 3.24. The van der Waals surface area contributed by atoms with Crippen molar-refractivity contribution < 1.29 is 14.3 Å². The van der Waals surface area contributed by atoms with Crippen LogP contribution in [0.1, 0.15) is 18.0 Å². The Balaban J connectivity index is 1.47. The number of carbonyl (C=O) groups excluding carboxylic acids is 2. The summed E-state index contributed by atoms with van der Waals surface area (Å²) in [4.78, 5) is 24.7. The topological polar surface area (TPSA) is 85.2 Å². The van der Waals surface area contributed by atoms with Gasteiger partial charge in [-0.15, -0.1) is 0 Å². The number of rotatable bonds is 6. The van der Waals surface area contributed by atoms with Crippen LogP contribution in [0.15, 0.2) is 60.8 Å². The zero-order chi connectivity index (χ0) is 19.5. The van der Waals surface area contributed by atoms with Gasteiger partial charge in [0.15, 0.2) is 0 Å². The van der Waals surface area contributed by atoms with Crippen LogP contribution in [0.5, 0.6) is 5.75 Å². The summed E-state index contributed by atoms with van der Waals surface area (Å²) in [6.45, 7) is 0.428. The Hall–Kier alpha value is -3.61. The fourth-order valence-corrected chi connectivity index (χ4v) is 3.24. The van der Waals surface area contributed by atoms with Crippen molar-refractivity contribution in [2.24, 2.45) is 0 Å². The van der Waals surface area contributed by atoms with E-state index in [1.165, 1.54) is 0 Å². The molecule has 0 spiro atoms. The van der Waals surface area contributed by atoms with E-state index in [-0.39, 0.29) is 18.2 Å². The summed E-state index contributed by atoms with van der Waals surface area (Å²) in [7, 11) is 1.61. The molecule has 0 fully saturated rings. The van der Waals surface area contributed by atoms with Crippen LogP contribution in [-0.2, 0) is 16.1 Å². The summed E-state index contributed by atoms with van der Waals surface area (Å²) in [5, 5.41) is 10.0. The molecule has 7 nitrogen and oxygen atoms in total. The van der Waals surface area contributed by atoms with Gasteiger partial charge in [0.05, 0.1) is 19.7 Å². The molecule has 1 atom stereocenters. The molecule has 2 N–H and O–H groups in total. The molecule has 0 aliphatic carbocycles. The van der Waals surface area contributed by atoms with Crippen molar-refractivity contribution in [1.82, 2.24) is 15.1 Å². The lowest BCUT2D eigenvalue weighted by atomic mass is 10.1. The third kappa shape index (κ3) is 3.46. The Morgan fingerprint density at radius 1 is 1.18 bits per heavy atom. The first-order valence-electron chi connectivity index (χ1n) is 8.99. The molecule has 7 heteroatoms. The van der Waals surface area contributed by atoms with Crippen molar-refractivity contribution in [3.05, 3.63) is 66.4 Å². The molecule has 142 valence electrons. The average molecular weight is 376 g/mol. The van der Waals surface area contributed by atoms with Crippen LogP contribution in [-0.4, -0.2) is 28.7 Å². The molecule has 0 bridgehead atoms. The van der Waals surface area contributed by atoms with Crippen LogP contribution in [0, 0.1) is 0 Å². The van der Waals surface area contributed by atoms with E-state index < -0.39 is 6.04 Å². The second kappa shape index (κ2) is 7.56. The molecule has 0 saturated heterocycles. The number of hydrogen-bond acceptors (Lipinski definition) is 4. The van der Waals surface area contributed by atoms with E-state index in [1.807, 2.05) is 54.6 Å². The lowest BCUT2D eigenvalue weighted by Crippen LogP contribution is -2.28. The molecule has 1 aliphatic heterocycles. The lowest BCUT2D eigenvalue weighted by Gasteiger charge is -2.10. The van der Waals surface area contributed by atoms with Crippen molar-refractivity contribution in [3.8, 4) is 16.9 Å². The Labute approximate surface area is 162 Å². The standard InChI is InChI=1S/C21H20N4O3/c1-28-16-9-7-15(8-10-16)17-13-23-25-18(21(27)24-20(17)25)11-19(26)22-12-14-5-3-2-4-6-14/h2-10,13,18H,11-12H2,1H3,(H,22,26)(H,24,27). The molecule has 3 aromatic rings. The van der Waals surface area contributed by atoms with E-state index in [0.717, 1.165) is 22.4 Å². The molecule has 0 radical (unpaired) electrons. The molecule has 1 aliphatic rings. The molecule has 0 saturated carbocycles. The van der Waals surface area contributed by atoms with Gasteiger partial charge in [-0.25, -0.2) is 4.68 Å². The first kappa shape index (κ1) is 17.8. The van der Waals surface area contributed by atoms with Crippen LogP contribution in [0.2, 0.25) is 0 Å². The number of hydrogen-bond donors (Lipinski definition) is 2. The van der Waals surface area contributed by atoms with E-state index in [9.17, 15) is 9.59 Å². The number of methoxy groups -OCH3 is 1. The summed E-state index contributed by atoms with van der Waals surface area (Å²) in [6.07, 6.45) is 1.74. The minimum Gasteiger partial charge on any atom is -0.497 e. The number of nitrogens with zero attached hydrogens (tertiary/aromatic N) is 2. The zero-order valence-electron chi connectivity index (χ0n) is 15.4. The minimum absolute atomic E-state index is 0.0371. The average Bonchev–Trinajstić information content (AvgIpc) is 3.27. The summed E-state index contributed by atoms with van der Waals surface area (Å²) in [5.41, 5.74) is 2.73. The Kier molecular flexibility index (Phi) is 4.80. The van der Waals surface area contributed by atoms with Crippen molar-refractivity contribution in [3.63, 3.8) is 0 Å². The Morgan fingerprint density at radius 3 is 2.64 bits per heavy atom. The normalized spacial score (nSPS) is 15.0. The zero-order valence-corrected chi connectivity index (χ0v) is 15.4. The van der Waals surface area contributed by atoms with E-state index in [0.29, 0.717) is 12.4 Å². The van der Waals surface area contributed by atoms with Crippen molar-refractivity contribution >= 4 is 17.6 Å². The summed E-state index contributed by atoms with van der Waals surface area (Å²) in [5.74, 6) is 0.937. The number of carbonyl (C=O) groups is 2. The number of fused-ring (bicyclic) bond motifs is 1. The first-order chi connectivity index (χ1) is 13.7. The highest BCUT2D eigenvalue weighted by atomic mass is 16.5. The maximum atomic E-state index is 12.4. The van der Waals surface area contributed by atoms with Gasteiger partial charge in [0, 0.05) is 12.1 Å². The van der Waals surface area contributed by atoms with Gasteiger partial charge >= 0.3 is 0 Å². The van der Waals surface area contributed by atoms with Crippen LogP contribution >= 0.6 is 0 Å². The summed E-state index contributed by atoms with van der Waals surface area (Å²) < 4.78 is 6.76. The van der Waals surface area contributed by atoms with E-state index in [1.54, 1.807) is 18.0 Å². The van der Waals surface area contributed by atoms with Gasteiger partial charge in [0.1, 0.15) is 17.6 Å². The number of ether oxygens (including phenoxy) is 1. The van der Waals surface area contributed by atoms with Crippen molar-refractivity contribution in [1.29, 1.82) is 0 Å². The highest BCUT2D eigenvalue weighted by Crippen LogP contribution is 2.36. The molecule has 1 unspecified atom stereocenters. The molecule has 2 heterocycles. The molecule has 2 aromatic carbocycles. The Morgan fingerprint density at radius 2 is 1.93 bits per heavy atom. The number of anilines is 1. The molecule has 28 heavy (non-hydrogen) atoms. The summed E-state index contributed by atoms with van der Waals surface area (Å²) >= 11 is 0. The fraction of sp³-hybridized carbons (Fsp3) is 0.190. The van der Waals surface area contributed by atoms with Gasteiger partial charge in [-0.05, 0) is 23.3 Å². The van der Waals surface area contributed by atoms with Gasteiger partial charge in [-0.1, -0.05) is 42.5 Å². The number of benzene rings is 2. The molecule has 1 aromatic heterocycles. The van der Waals surface area contributed by atoms with Crippen LogP contribution in [0.25, 0.3) is 11.1 Å². The third-order valence-electron chi connectivity index (χ3n) is 4.75. The smallest absolute Gasteiger partial charge is 0.251 e. The van der Waals surface area contributed by atoms with Crippen LogP contribution in [0.4, 0.5) is 5.82 Å². The van der Waals surface area contributed by atoms with E-state index in [4.69, 9.17) is 4.74 Å². The summed E-state index contributed by atoms with van der Waals surface area (Å²) in [6, 6.07) is 16.5. The van der Waals surface area contributed by atoms with Crippen molar-refractivity contribution in [2.75, 3.05) is 12.4 Å². The third-order valence-corrected chi connectivity index (χ3v) is 4.75. The predicted octanol–water partition coefficient (Wildman–Crippen LogP) is 2.76. The highest BCUT2D eigenvalue weighted by molar-refractivity contribution is 6.02. The predicted molar refractivity (Wildman–Crippen MR) is 105 cm³/mol. The molecular weight excluding hydrogens is 356 g/mol. The maximum absolute atomic E-state index is 12.4. The second-order valence-electron chi connectivity index (χ2n) is 6.55. The number of aromatic nitrogens is 2. The SMILES string of the molecule is COc1ccc(-c2cnn3c2NC(=O)C3CC(=O)NCc2ccccc2)cc1. The van der Waals surface area contributed by atoms with E-state index in [2.05, 4.69) is 15.7 Å². The molecule has 4 rings (SSSR count). The van der Waals surface area contributed by atoms with Gasteiger partial charge < -0.3 is 15.4 Å². The van der Waals surface area contributed by atoms with Gasteiger partial charge in [-0.3, -0.25) is 9.59 Å². The van der Waals surface area contributed by atoms with Gasteiger partial charge in [-0.2, -0.15) is 5.10 Å².